The highest BCUT2D eigenvalue weighted by atomic mass is 35.5. The highest BCUT2D eigenvalue weighted by Crippen LogP contribution is 2.34. The van der Waals surface area contributed by atoms with E-state index >= 15 is 0 Å². The van der Waals surface area contributed by atoms with E-state index in [0.29, 0.717) is 5.75 Å². The van der Waals surface area contributed by atoms with Crippen molar-refractivity contribution in [2.24, 2.45) is 0 Å². The smallest absolute Gasteiger partial charge is 0.269 e. The number of carbonyl (C=O) groups is 1. The number of benzene rings is 2. The van der Waals surface area contributed by atoms with Crippen LogP contribution in [0.25, 0.3) is 0 Å². The van der Waals surface area contributed by atoms with Gasteiger partial charge in [-0.05, 0) is 35.9 Å². The van der Waals surface area contributed by atoms with Gasteiger partial charge in [0, 0.05) is 12.1 Å². The molecule has 0 aliphatic rings. The molecule has 0 saturated carbocycles. The molecule has 0 bridgehead atoms. The third-order valence-corrected chi connectivity index (χ3v) is 2.95. The normalized spacial score (nSPS) is 10.1. The van der Waals surface area contributed by atoms with Gasteiger partial charge in [-0.3, -0.25) is 14.9 Å². The molecule has 0 saturated heterocycles. The number of para-hydroxylation sites is 1. The Hall–Kier alpha value is -2.11. The standard InChI is InChI=1S/C13H7Cl2NO4/c14-11-3-1-2-10(13(15)17)12(11)20-9-6-4-8(5-7-9)16(18)19/h1-7H. The molecule has 0 fully saturated rings. The van der Waals surface area contributed by atoms with Crippen molar-refractivity contribution in [1.29, 1.82) is 0 Å². The summed E-state index contributed by atoms with van der Waals surface area (Å²) in [7, 11) is 0. The van der Waals surface area contributed by atoms with E-state index in [1.165, 1.54) is 30.3 Å². The summed E-state index contributed by atoms with van der Waals surface area (Å²) in [6.07, 6.45) is 0. The maximum absolute atomic E-state index is 11.3. The van der Waals surface area contributed by atoms with Gasteiger partial charge in [0.05, 0.1) is 15.5 Å². The maximum atomic E-state index is 11.3. The van der Waals surface area contributed by atoms with Crippen molar-refractivity contribution in [3.05, 3.63) is 63.2 Å². The molecular formula is C13H7Cl2NO4. The molecule has 0 atom stereocenters. The molecule has 2 aromatic carbocycles. The lowest BCUT2D eigenvalue weighted by Crippen LogP contribution is -1.96. The average molecular weight is 312 g/mol. The van der Waals surface area contributed by atoms with Crippen LogP contribution in [-0.2, 0) is 0 Å². The Kier molecular flexibility index (Phi) is 4.22. The Morgan fingerprint density at radius 2 is 1.80 bits per heavy atom. The van der Waals surface area contributed by atoms with Crippen molar-refractivity contribution in [3.63, 3.8) is 0 Å². The SMILES string of the molecule is O=C(Cl)c1cccc(Cl)c1Oc1ccc([N+](=O)[O-])cc1. The fourth-order valence-corrected chi connectivity index (χ4v) is 1.88. The van der Waals surface area contributed by atoms with Crippen molar-refractivity contribution in [2.45, 2.75) is 0 Å². The minimum Gasteiger partial charge on any atom is -0.455 e. The summed E-state index contributed by atoms with van der Waals surface area (Å²) in [4.78, 5) is 21.3. The predicted octanol–water partition coefficient (Wildman–Crippen LogP) is 4.42. The number of carbonyl (C=O) groups excluding carboxylic acids is 1. The van der Waals surface area contributed by atoms with E-state index in [1.807, 2.05) is 0 Å². The van der Waals surface area contributed by atoms with E-state index in [1.54, 1.807) is 12.1 Å². The van der Waals surface area contributed by atoms with Gasteiger partial charge in [0.15, 0.2) is 5.75 Å². The Morgan fingerprint density at radius 1 is 1.15 bits per heavy atom. The minimum atomic E-state index is -0.704. The summed E-state index contributed by atoms with van der Waals surface area (Å²) in [6, 6.07) is 9.98. The van der Waals surface area contributed by atoms with E-state index in [4.69, 9.17) is 27.9 Å². The molecule has 2 aromatic rings. The number of ether oxygens (including phenoxy) is 1. The fraction of sp³-hybridized carbons (Fsp3) is 0. The average Bonchev–Trinajstić information content (AvgIpc) is 2.41. The number of hydrogen-bond donors (Lipinski definition) is 0. The first-order valence-corrected chi connectivity index (χ1v) is 6.15. The lowest BCUT2D eigenvalue weighted by Gasteiger charge is -2.10. The molecule has 5 nitrogen and oxygen atoms in total. The third-order valence-electron chi connectivity index (χ3n) is 2.45. The Morgan fingerprint density at radius 3 is 2.35 bits per heavy atom. The second kappa shape index (κ2) is 5.90. The number of nitro benzene ring substituents is 1. The second-order valence-electron chi connectivity index (χ2n) is 3.74. The molecular weight excluding hydrogens is 305 g/mol. The van der Waals surface area contributed by atoms with Crippen molar-refractivity contribution in [1.82, 2.24) is 0 Å². The van der Waals surface area contributed by atoms with Gasteiger partial charge in [-0.2, -0.15) is 0 Å². The predicted molar refractivity (Wildman–Crippen MR) is 74.8 cm³/mol. The number of non-ortho nitro benzene ring substituents is 1. The van der Waals surface area contributed by atoms with Crippen LogP contribution in [0.1, 0.15) is 10.4 Å². The van der Waals surface area contributed by atoms with Gasteiger partial charge < -0.3 is 4.74 Å². The highest BCUT2D eigenvalue weighted by Gasteiger charge is 2.15. The van der Waals surface area contributed by atoms with Gasteiger partial charge in [-0.15, -0.1) is 0 Å². The van der Waals surface area contributed by atoms with Crippen LogP contribution < -0.4 is 4.74 Å². The van der Waals surface area contributed by atoms with Crippen molar-refractivity contribution < 1.29 is 14.5 Å². The lowest BCUT2D eigenvalue weighted by atomic mass is 10.2. The van der Waals surface area contributed by atoms with Crippen LogP contribution in [-0.4, -0.2) is 10.2 Å². The summed E-state index contributed by atoms with van der Waals surface area (Å²) in [5, 5.41) is 10.1. The number of nitro groups is 1. The van der Waals surface area contributed by atoms with Gasteiger partial charge in [0.25, 0.3) is 10.9 Å². The molecule has 0 heterocycles. The summed E-state index contributed by atoms with van der Waals surface area (Å²) in [5.74, 6) is 0.422. The molecule has 0 aromatic heterocycles. The summed E-state index contributed by atoms with van der Waals surface area (Å²) >= 11 is 11.4. The van der Waals surface area contributed by atoms with Crippen molar-refractivity contribution in [2.75, 3.05) is 0 Å². The summed E-state index contributed by atoms with van der Waals surface area (Å²) in [6.45, 7) is 0. The summed E-state index contributed by atoms with van der Waals surface area (Å²) in [5.41, 5.74) is 0.0580. The van der Waals surface area contributed by atoms with Gasteiger partial charge >= 0.3 is 0 Å². The number of nitrogens with zero attached hydrogens (tertiary/aromatic N) is 1. The molecule has 7 heteroatoms. The van der Waals surface area contributed by atoms with Crippen LogP contribution in [0.15, 0.2) is 42.5 Å². The van der Waals surface area contributed by atoms with Crippen LogP contribution in [0.4, 0.5) is 5.69 Å². The zero-order valence-corrected chi connectivity index (χ0v) is 11.4. The Balaban J connectivity index is 2.34. The van der Waals surface area contributed by atoms with Gasteiger partial charge in [0.1, 0.15) is 5.75 Å². The zero-order chi connectivity index (χ0) is 14.7. The second-order valence-corrected chi connectivity index (χ2v) is 4.49. The van der Waals surface area contributed by atoms with Crippen LogP contribution >= 0.6 is 23.2 Å². The molecule has 102 valence electrons. The van der Waals surface area contributed by atoms with Crippen LogP contribution in [0.3, 0.4) is 0 Å². The number of hydrogen-bond acceptors (Lipinski definition) is 4. The lowest BCUT2D eigenvalue weighted by molar-refractivity contribution is -0.384. The minimum absolute atomic E-state index is 0.0647. The molecule has 0 aliphatic heterocycles. The van der Waals surface area contributed by atoms with Gasteiger partial charge in [0.2, 0.25) is 0 Å². The number of halogens is 2. The topological polar surface area (TPSA) is 69.4 Å². The first-order valence-electron chi connectivity index (χ1n) is 5.39. The van der Waals surface area contributed by atoms with E-state index in [2.05, 4.69) is 0 Å². The Bertz CT molecular complexity index is 671. The van der Waals surface area contributed by atoms with Crippen molar-refractivity contribution >= 4 is 34.1 Å². The zero-order valence-electron chi connectivity index (χ0n) is 9.88. The van der Waals surface area contributed by atoms with Gasteiger partial charge in [-0.1, -0.05) is 17.7 Å². The number of rotatable bonds is 4. The maximum Gasteiger partial charge on any atom is 0.269 e. The quantitative estimate of drug-likeness (QED) is 0.476. The highest BCUT2D eigenvalue weighted by molar-refractivity contribution is 6.68. The third kappa shape index (κ3) is 3.07. The molecule has 0 N–H and O–H groups in total. The first-order chi connectivity index (χ1) is 9.49. The van der Waals surface area contributed by atoms with Crippen LogP contribution in [0.5, 0.6) is 11.5 Å². The van der Waals surface area contributed by atoms with Gasteiger partial charge in [-0.25, -0.2) is 0 Å². The monoisotopic (exact) mass is 311 g/mol. The van der Waals surface area contributed by atoms with E-state index in [9.17, 15) is 14.9 Å². The fourth-order valence-electron chi connectivity index (χ4n) is 1.52. The largest absolute Gasteiger partial charge is 0.455 e. The molecule has 20 heavy (non-hydrogen) atoms. The molecule has 0 radical (unpaired) electrons. The summed E-state index contributed by atoms with van der Waals surface area (Å²) < 4.78 is 5.48. The Labute approximate surface area is 123 Å². The molecule has 0 amide bonds. The van der Waals surface area contributed by atoms with Crippen LogP contribution in [0.2, 0.25) is 5.02 Å². The van der Waals surface area contributed by atoms with Crippen LogP contribution in [0, 0.1) is 10.1 Å². The molecule has 0 unspecified atom stereocenters. The van der Waals surface area contributed by atoms with E-state index in [-0.39, 0.29) is 22.0 Å². The van der Waals surface area contributed by atoms with E-state index < -0.39 is 10.2 Å². The molecule has 2 rings (SSSR count). The molecule has 0 spiro atoms. The first kappa shape index (κ1) is 14.3. The van der Waals surface area contributed by atoms with Crippen molar-refractivity contribution in [3.8, 4) is 11.5 Å². The van der Waals surface area contributed by atoms with E-state index in [0.717, 1.165) is 0 Å². The molecule has 0 aliphatic carbocycles.